The minimum atomic E-state index is 0.259. The Morgan fingerprint density at radius 1 is 1.26 bits per heavy atom. The first-order valence-corrected chi connectivity index (χ1v) is 10.6. The van der Waals surface area contributed by atoms with Crippen LogP contribution < -0.4 is 5.32 Å². The minimum Gasteiger partial charge on any atom is -0.367 e. The van der Waals surface area contributed by atoms with E-state index in [2.05, 4.69) is 27.4 Å². The molecule has 1 saturated carbocycles. The van der Waals surface area contributed by atoms with Crippen molar-refractivity contribution in [3.63, 3.8) is 0 Å². The summed E-state index contributed by atoms with van der Waals surface area (Å²) in [6.07, 6.45) is 11.7. The summed E-state index contributed by atoms with van der Waals surface area (Å²) in [6, 6.07) is 2.44. The third-order valence-corrected chi connectivity index (χ3v) is 6.09. The number of hydrogen-bond donors (Lipinski definition) is 2. The molecule has 1 amide bonds. The second-order valence-corrected chi connectivity index (χ2v) is 8.32. The van der Waals surface area contributed by atoms with Crippen LogP contribution >= 0.6 is 0 Å². The number of aryl methyl sites for hydroxylation is 1. The number of amides is 1. The molecule has 1 unspecified atom stereocenters. The number of H-pyrrole nitrogens is 1. The highest BCUT2D eigenvalue weighted by Gasteiger charge is 2.22. The number of likely N-dealkylation sites (tertiary alicyclic amines) is 1. The van der Waals surface area contributed by atoms with Gasteiger partial charge in [0, 0.05) is 37.4 Å². The van der Waals surface area contributed by atoms with Gasteiger partial charge in [0.15, 0.2) is 0 Å². The number of carbonyl (C=O) groups excluding carboxylic acids is 1. The van der Waals surface area contributed by atoms with Gasteiger partial charge in [-0.25, -0.2) is 4.98 Å². The zero-order chi connectivity index (χ0) is 18.6. The highest BCUT2D eigenvalue weighted by molar-refractivity contribution is 5.92. The number of hydrogen-bond acceptors (Lipinski definition) is 4. The van der Waals surface area contributed by atoms with Crippen LogP contribution in [0.5, 0.6) is 0 Å². The molecule has 2 N–H and O–H groups in total. The molecule has 6 nitrogen and oxygen atoms in total. The number of nitrogens with zero attached hydrogens (tertiary/aromatic N) is 3. The predicted molar refractivity (Wildman–Crippen MR) is 108 cm³/mol. The van der Waals surface area contributed by atoms with Crippen molar-refractivity contribution in [1.82, 2.24) is 20.1 Å². The van der Waals surface area contributed by atoms with Gasteiger partial charge in [-0.15, -0.1) is 0 Å². The van der Waals surface area contributed by atoms with Gasteiger partial charge in [0.05, 0.1) is 10.9 Å². The normalized spacial score (nSPS) is 21.5. The Labute approximate surface area is 161 Å². The molecule has 1 atom stereocenters. The lowest BCUT2D eigenvalue weighted by Gasteiger charge is -2.31. The Bertz CT molecular complexity index is 780. The number of pyridine rings is 1. The molecular formula is C21H31N5O. The molecule has 0 bridgehead atoms. The maximum Gasteiger partial charge on any atom is 0.222 e. The fourth-order valence-corrected chi connectivity index (χ4v) is 4.56. The largest absolute Gasteiger partial charge is 0.367 e. The summed E-state index contributed by atoms with van der Waals surface area (Å²) in [5.74, 6) is 1.79. The molecule has 1 aliphatic carbocycles. The molecule has 1 saturated heterocycles. The van der Waals surface area contributed by atoms with Crippen molar-refractivity contribution >= 4 is 22.6 Å². The van der Waals surface area contributed by atoms with Crippen LogP contribution in [0.2, 0.25) is 0 Å². The van der Waals surface area contributed by atoms with Crippen molar-refractivity contribution in [2.75, 3.05) is 18.4 Å². The summed E-state index contributed by atoms with van der Waals surface area (Å²) < 4.78 is 0. The highest BCUT2D eigenvalue weighted by atomic mass is 16.2. The number of anilines is 1. The molecule has 1 aliphatic heterocycles. The zero-order valence-electron chi connectivity index (χ0n) is 16.3. The number of carbonyl (C=O) groups is 1. The van der Waals surface area contributed by atoms with Crippen molar-refractivity contribution in [3.8, 4) is 0 Å². The van der Waals surface area contributed by atoms with E-state index in [0.29, 0.717) is 24.8 Å². The number of aromatic amines is 1. The maximum absolute atomic E-state index is 12.6. The highest BCUT2D eigenvalue weighted by Crippen LogP contribution is 2.28. The van der Waals surface area contributed by atoms with Crippen molar-refractivity contribution in [2.45, 2.75) is 70.8 Å². The molecule has 27 heavy (non-hydrogen) atoms. The summed E-state index contributed by atoms with van der Waals surface area (Å²) in [6.45, 7) is 4.04. The Morgan fingerprint density at radius 2 is 2.11 bits per heavy atom. The molecule has 6 heteroatoms. The van der Waals surface area contributed by atoms with Gasteiger partial charge >= 0.3 is 0 Å². The number of fused-ring (bicyclic) bond motifs is 1. The Morgan fingerprint density at radius 3 is 2.93 bits per heavy atom. The Balaban J connectivity index is 1.46. The SMILES string of the molecule is CC1CCCN(C(=O)CCc2[nH]nc3ccnc(NC4CCCCC4)c23)C1. The van der Waals surface area contributed by atoms with E-state index in [-0.39, 0.29) is 5.91 Å². The first-order valence-electron chi connectivity index (χ1n) is 10.6. The van der Waals surface area contributed by atoms with Crippen LogP contribution in [0.3, 0.4) is 0 Å². The van der Waals surface area contributed by atoms with Crippen molar-refractivity contribution < 1.29 is 4.79 Å². The second kappa shape index (κ2) is 8.28. The van der Waals surface area contributed by atoms with Crippen LogP contribution in [0.1, 0.15) is 64.0 Å². The molecule has 3 heterocycles. The van der Waals surface area contributed by atoms with E-state index < -0.39 is 0 Å². The summed E-state index contributed by atoms with van der Waals surface area (Å²) in [4.78, 5) is 19.3. The van der Waals surface area contributed by atoms with Gasteiger partial charge in [-0.05, 0) is 44.1 Å². The van der Waals surface area contributed by atoms with E-state index in [1.54, 1.807) is 0 Å². The topological polar surface area (TPSA) is 73.9 Å². The molecule has 2 aliphatic rings. The van der Waals surface area contributed by atoms with E-state index >= 15 is 0 Å². The summed E-state index contributed by atoms with van der Waals surface area (Å²) >= 11 is 0. The van der Waals surface area contributed by atoms with Crippen LogP contribution in [-0.4, -0.2) is 45.1 Å². The molecule has 0 radical (unpaired) electrons. The number of aromatic nitrogens is 3. The average Bonchev–Trinajstić information content (AvgIpc) is 3.11. The van der Waals surface area contributed by atoms with Crippen molar-refractivity contribution in [3.05, 3.63) is 18.0 Å². The van der Waals surface area contributed by atoms with Crippen LogP contribution in [-0.2, 0) is 11.2 Å². The molecule has 2 fully saturated rings. The van der Waals surface area contributed by atoms with Crippen LogP contribution in [0, 0.1) is 5.92 Å². The molecule has 0 spiro atoms. The summed E-state index contributed by atoms with van der Waals surface area (Å²) in [7, 11) is 0. The van der Waals surface area contributed by atoms with E-state index in [1.165, 1.54) is 38.5 Å². The number of nitrogens with one attached hydrogen (secondary N) is 2. The van der Waals surface area contributed by atoms with Gasteiger partial charge in [0.1, 0.15) is 5.82 Å². The Kier molecular flexibility index (Phi) is 5.60. The molecule has 0 aromatic carbocycles. The third-order valence-electron chi connectivity index (χ3n) is 6.09. The lowest BCUT2D eigenvalue weighted by molar-refractivity contribution is -0.132. The molecular weight excluding hydrogens is 338 g/mol. The fraction of sp³-hybridized carbons (Fsp3) is 0.667. The van der Waals surface area contributed by atoms with E-state index in [9.17, 15) is 4.79 Å². The zero-order valence-corrected chi connectivity index (χ0v) is 16.3. The summed E-state index contributed by atoms with van der Waals surface area (Å²) in [5.41, 5.74) is 1.95. The van der Waals surface area contributed by atoms with Crippen molar-refractivity contribution in [1.29, 1.82) is 0 Å². The Hall–Kier alpha value is -2.11. The van der Waals surface area contributed by atoms with Crippen LogP contribution in [0.15, 0.2) is 12.3 Å². The van der Waals surface area contributed by atoms with Gasteiger partial charge in [-0.2, -0.15) is 5.10 Å². The molecule has 2 aromatic heterocycles. The smallest absolute Gasteiger partial charge is 0.222 e. The van der Waals surface area contributed by atoms with E-state index in [0.717, 1.165) is 41.9 Å². The van der Waals surface area contributed by atoms with E-state index in [4.69, 9.17) is 0 Å². The van der Waals surface area contributed by atoms with Gasteiger partial charge < -0.3 is 10.2 Å². The summed E-state index contributed by atoms with van der Waals surface area (Å²) in [5, 5.41) is 12.3. The second-order valence-electron chi connectivity index (χ2n) is 8.32. The van der Waals surface area contributed by atoms with Gasteiger partial charge in [-0.1, -0.05) is 26.2 Å². The fourth-order valence-electron chi connectivity index (χ4n) is 4.56. The lowest BCUT2D eigenvalue weighted by Crippen LogP contribution is -2.39. The van der Waals surface area contributed by atoms with Gasteiger partial charge in [0.25, 0.3) is 0 Å². The monoisotopic (exact) mass is 369 g/mol. The standard InChI is InChI=1S/C21H31N5O/c1-15-6-5-13-26(14-15)19(27)10-9-17-20-18(25-24-17)11-12-22-21(20)23-16-7-3-2-4-8-16/h11-12,15-16H,2-10,13-14H2,1H3,(H,22,23)(H,24,25). The molecule has 4 rings (SSSR count). The first-order chi connectivity index (χ1) is 13.2. The van der Waals surface area contributed by atoms with Crippen LogP contribution in [0.25, 0.3) is 10.9 Å². The first kappa shape index (κ1) is 18.3. The lowest BCUT2D eigenvalue weighted by atomic mass is 9.95. The van der Waals surface area contributed by atoms with Crippen molar-refractivity contribution in [2.24, 2.45) is 5.92 Å². The third kappa shape index (κ3) is 4.25. The maximum atomic E-state index is 12.6. The van der Waals surface area contributed by atoms with E-state index in [1.807, 2.05) is 17.2 Å². The number of piperidine rings is 1. The predicted octanol–water partition coefficient (Wildman–Crippen LogP) is 3.89. The number of rotatable bonds is 5. The molecule has 2 aromatic rings. The molecule has 146 valence electrons. The van der Waals surface area contributed by atoms with Gasteiger partial charge in [-0.3, -0.25) is 9.89 Å². The quantitative estimate of drug-likeness (QED) is 0.838. The van der Waals surface area contributed by atoms with Gasteiger partial charge in [0.2, 0.25) is 5.91 Å². The van der Waals surface area contributed by atoms with Crippen LogP contribution in [0.4, 0.5) is 5.82 Å². The minimum absolute atomic E-state index is 0.259. The average molecular weight is 370 g/mol.